The van der Waals surface area contributed by atoms with Crippen LogP contribution in [-0.2, 0) is 33.2 Å². The van der Waals surface area contributed by atoms with E-state index in [-0.39, 0.29) is 18.9 Å². The van der Waals surface area contributed by atoms with E-state index in [4.69, 9.17) is 28.4 Å². The van der Waals surface area contributed by atoms with Crippen LogP contribution in [0.3, 0.4) is 0 Å². The minimum atomic E-state index is -1.98. The first-order valence-electron chi connectivity index (χ1n) is 37.0. The van der Waals surface area contributed by atoms with Crippen molar-refractivity contribution in [2.24, 2.45) is 0 Å². The highest BCUT2D eigenvalue weighted by molar-refractivity contribution is 5.76. The van der Waals surface area contributed by atoms with E-state index in [1.54, 1.807) is 0 Å². The van der Waals surface area contributed by atoms with Crippen LogP contribution in [0.15, 0.2) is 60.8 Å². The summed E-state index contributed by atoms with van der Waals surface area (Å²) < 4.78 is 34.4. The van der Waals surface area contributed by atoms with Crippen LogP contribution in [0.5, 0.6) is 0 Å². The summed E-state index contributed by atoms with van der Waals surface area (Å²) in [6, 6.07) is -0.909. The SMILES string of the molecule is CC/C=C\C/C=C\C/C=C\C/C=C\C/C=C\CCCCCC(=O)NC(COC1OC(CO)C(OC2OC(CO)C(OC3OC(CO)C(O)C(O)C3O)C(O)C2O)C(O)C1O)C(O)CCCCCCCCCCCCCCCCCCCCCCCCCCCCCCC. The van der Waals surface area contributed by atoms with Gasteiger partial charge in [-0.25, -0.2) is 0 Å². The minimum Gasteiger partial charge on any atom is -0.394 e. The molecule has 3 fully saturated rings. The fourth-order valence-electron chi connectivity index (χ4n) is 12.4. The lowest BCUT2D eigenvalue weighted by atomic mass is 9.96. The maximum absolute atomic E-state index is 13.4. The molecule has 19 heteroatoms. The molecule has 0 saturated carbocycles. The maximum Gasteiger partial charge on any atom is 0.220 e. The molecule has 542 valence electrons. The van der Waals surface area contributed by atoms with Gasteiger partial charge in [-0.1, -0.05) is 267 Å². The number of amides is 1. The maximum atomic E-state index is 13.4. The van der Waals surface area contributed by atoms with Gasteiger partial charge in [0.1, 0.15) is 73.2 Å². The smallest absolute Gasteiger partial charge is 0.220 e. The van der Waals surface area contributed by atoms with Crippen LogP contribution in [0.2, 0.25) is 0 Å². The van der Waals surface area contributed by atoms with Crippen LogP contribution < -0.4 is 5.32 Å². The number of hydrogen-bond donors (Lipinski definition) is 12. The number of aliphatic hydroxyl groups is 11. The lowest BCUT2D eigenvalue weighted by Crippen LogP contribution is -2.66. The molecular formula is C74H133NO18. The van der Waals surface area contributed by atoms with Crippen LogP contribution in [0, 0.1) is 0 Å². The highest BCUT2D eigenvalue weighted by Crippen LogP contribution is 2.33. The van der Waals surface area contributed by atoms with E-state index in [0.29, 0.717) is 12.8 Å². The fraction of sp³-hybridized carbons (Fsp3) is 0.851. The Bertz CT molecular complexity index is 1920. The summed E-state index contributed by atoms with van der Waals surface area (Å²) in [5.74, 6) is -0.273. The summed E-state index contributed by atoms with van der Waals surface area (Å²) in [6.45, 7) is 1.68. The van der Waals surface area contributed by atoms with Gasteiger partial charge in [0, 0.05) is 6.42 Å². The second-order valence-corrected chi connectivity index (χ2v) is 26.4. The van der Waals surface area contributed by atoms with Crippen molar-refractivity contribution in [1.82, 2.24) is 5.32 Å². The average Bonchev–Trinajstić information content (AvgIpc) is 0.985. The summed E-state index contributed by atoms with van der Waals surface area (Å²) in [6.07, 6.45) is 41.7. The van der Waals surface area contributed by atoms with Crippen molar-refractivity contribution in [1.29, 1.82) is 0 Å². The van der Waals surface area contributed by atoms with Gasteiger partial charge in [0.15, 0.2) is 18.9 Å². The molecule has 3 saturated heterocycles. The molecule has 17 atom stereocenters. The van der Waals surface area contributed by atoms with Crippen molar-refractivity contribution in [2.45, 2.75) is 375 Å². The number of carbonyl (C=O) groups is 1. The molecule has 12 N–H and O–H groups in total. The third-order valence-corrected chi connectivity index (χ3v) is 18.4. The van der Waals surface area contributed by atoms with Gasteiger partial charge < -0.3 is 89.9 Å². The molecule has 17 unspecified atom stereocenters. The highest BCUT2D eigenvalue weighted by atomic mass is 16.8. The molecule has 3 rings (SSSR count). The molecule has 0 bridgehead atoms. The Hall–Kier alpha value is -2.51. The van der Waals surface area contributed by atoms with Gasteiger partial charge in [-0.05, 0) is 57.8 Å². The topological polar surface area (TPSA) is 307 Å². The molecule has 3 heterocycles. The molecule has 19 nitrogen and oxygen atoms in total. The van der Waals surface area contributed by atoms with E-state index in [1.165, 1.54) is 161 Å². The van der Waals surface area contributed by atoms with E-state index in [9.17, 15) is 61.0 Å². The third-order valence-electron chi connectivity index (χ3n) is 18.4. The zero-order valence-electron chi connectivity index (χ0n) is 57.5. The molecule has 3 aliphatic heterocycles. The number of nitrogens with one attached hydrogen (secondary N) is 1. The van der Waals surface area contributed by atoms with Gasteiger partial charge >= 0.3 is 0 Å². The zero-order chi connectivity index (χ0) is 67.5. The molecule has 0 radical (unpaired) electrons. The zero-order valence-corrected chi connectivity index (χ0v) is 57.5. The predicted octanol–water partition coefficient (Wildman–Crippen LogP) is 10.7. The fourth-order valence-corrected chi connectivity index (χ4v) is 12.4. The van der Waals surface area contributed by atoms with Crippen molar-refractivity contribution in [3.05, 3.63) is 60.8 Å². The standard InChI is InChI=1S/C74H133NO18/c1-3-5-7-9-11-13-15-17-19-21-23-24-25-26-27-28-29-30-31-32-34-35-37-39-41-43-45-47-49-51-58(79)57(75-62(80)52-50-48-46-44-42-40-38-36-33-22-20-18-16-14-12-10-8-6-4-2)56-88-72-68(86)65(83)70(60(54-77)90-72)93-74-69(87)66(84)71(61(55-78)91-74)92-73-67(85)64(82)63(81)59(53-76)89-73/h6,8,12,14,18,20,33,36,40,42,57-61,63-74,76-79,81-87H,3-5,7,9-11,13,15-17,19,21-32,34-35,37-39,41,43-56H2,1-2H3,(H,75,80)/b8-6-,14-12-,20-18-,36-33-,42-40-. The molecule has 0 aromatic carbocycles. The summed E-state index contributed by atoms with van der Waals surface area (Å²) in [5.41, 5.74) is 0. The quantitative estimate of drug-likeness (QED) is 0.0199. The lowest BCUT2D eigenvalue weighted by molar-refractivity contribution is -0.379. The molecule has 1 amide bonds. The van der Waals surface area contributed by atoms with Gasteiger partial charge in [-0.15, -0.1) is 0 Å². The molecular weight excluding hydrogens is 1190 g/mol. The second-order valence-electron chi connectivity index (χ2n) is 26.4. The summed E-state index contributed by atoms with van der Waals surface area (Å²) >= 11 is 0. The molecule has 3 aliphatic rings. The Morgan fingerprint density at radius 3 is 1.15 bits per heavy atom. The van der Waals surface area contributed by atoms with Crippen LogP contribution in [0.25, 0.3) is 0 Å². The van der Waals surface area contributed by atoms with Gasteiger partial charge in [-0.2, -0.15) is 0 Å². The Kier molecular flexibility index (Phi) is 50.4. The highest BCUT2D eigenvalue weighted by Gasteiger charge is 2.53. The predicted molar refractivity (Wildman–Crippen MR) is 365 cm³/mol. The van der Waals surface area contributed by atoms with Crippen LogP contribution in [0.1, 0.15) is 271 Å². The van der Waals surface area contributed by atoms with Crippen molar-refractivity contribution >= 4 is 5.91 Å². The third kappa shape index (κ3) is 36.8. The second kappa shape index (κ2) is 55.4. The van der Waals surface area contributed by atoms with Crippen molar-refractivity contribution in [2.75, 3.05) is 26.4 Å². The first-order chi connectivity index (χ1) is 45.3. The average molecular weight is 1320 g/mol. The normalized spacial score (nSPS) is 27.9. The van der Waals surface area contributed by atoms with Gasteiger partial charge in [-0.3, -0.25) is 4.79 Å². The number of aliphatic hydroxyl groups excluding tert-OH is 11. The Morgan fingerprint density at radius 2 is 0.742 bits per heavy atom. The summed E-state index contributed by atoms with van der Waals surface area (Å²) in [4.78, 5) is 13.4. The Morgan fingerprint density at radius 1 is 0.398 bits per heavy atom. The molecule has 0 spiro atoms. The van der Waals surface area contributed by atoms with Crippen LogP contribution in [0.4, 0.5) is 0 Å². The van der Waals surface area contributed by atoms with E-state index < -0.39 is 124 Å². The molecule has 93 heavy (non-hydrogen) atoms. The number of rotatable bonds is 57. The number of carbonyl (C=O) groups excluding carboxylic acids is 1. The van der Waals surface area contributed by atoms with E-state index >= 15 is 0 Å². The van der Waals surface area contributed by atoms with Crippen molar-refractivity contribution in [3.8, 4) is 0 Å². The Balaban J connectivity index is 1.40. The largest absolute Gasteiger partial charge is 0.394 e. The monoisotopic (exact) mass is 1320 g/mol. The Labute approximate surface area is 560 Å². The van der Waals surface area contributed by atoms with Gasteiger partial charge in [0.2, 0.25) is 5.91 Å². The molecule has 0 aliphatic carbocycles. The summed E-state index contributed by atoms with van der Waals surface area (Å²) in [7, 11) is 0. The lowest BCUT2D eigenvalue weighted by Gasteiger charge is -2.48. The van der Waals surface area contributed by atoms with E-state index in [1.807, 2.05) is 0 Å². The minimum absolute atomic E-state index is 0.225. The van der Waals surface area contributed by atoms with Gasteiger partial charge in [0.25, 0.3) is 0 Å². The van der Waals surface area contributed by atoms with E-state index in [0.717, 1.165) is 77.0 Å². The van der Waals surface area contributed by atoms with Crippen molar-refractivity contribution in [3.63, 3.8) is 0 Å². The van der Waals surface area contributed by atoms with Crippen LogP contribution in [-0.4, -0.2) is 193 Å². The summed E-state index contributed by atoms with van der Waals surface area (Å²) in [5, 5.41) is 121. The first kappa shape index (κ1) is 84.7. The van der Waals surface area contributed by atoms with Crippen molar-refractivity contribution < 1.29 is 89.4 Å². The number of allylic oxidation sites excluding steroid dienone is 10. The number of ether oxygens (including phenoxy) is 6. The van der Waals surface area contributed by atoms with Crippen LogP contribution >= 0.6 is 0 Å². The number of unbranched alkanes of at least 4 members (excludes halogenated alkanes) is 31. The van der Waals surface area contributed by atoms with Gasteiger partial charge in [0.05, 0.1) is 38.6 Å². The van der Waals surface area contributed by atoms with E-state index in [2.05, 4.69) is 79.9 Å². The molecule has 0 aromatic heterocycles. The first-order valence-corrected chi connectivity index (χ1v) is 37.0. The molecule has 0 aromatic rings. The number of hydrogen-bond acceptors (Lipinski definition) is 18.